The summed E-state index contributed by atoms with van der Waals surface area (Å²) in [6.07, 6.45) is 5.43. The van der Waals surface area contributed by atoms with E-state index >= 15 is 0 Å². The summed E-state index contributed by atoms with van der Waals surface area (Å²) in [5, 5.41) is 21.6. The first-order valence-electron chi connectivity index (χ1n) is 12.9. The van der Waals surface area contributed by atoms with Gasteiger partial charge in [-0.05, 0) is 47.5 Å². The second kappa shape index (κ2) is 11.6. The first-order chi connectivity index (χ1) is 20.2. The number of pyridine rings is 2. The minimum absolute atomic E-state index is 0.0441. The molecule has 1 aliphatic rings. The van der Waals surface area contributed by atoms with Crippen molar-refractivity contribution in [2.75, 3.05) is 38.2 Å². The molecule has 0 bridgehead atoms. The molecule has 0 atom stereocenters. The topological polar surface area (TPSA) is 118 Å². The third-order valence-electron chi connectivity index (χ3n) is 7.22. The third-order valence-corrected chi connectivity index (χ3v) is 7.22. The van der Waals surface area contributed by atoms with Crippen molar-refractivity contribution in [1.82, 2.24) is 14.5 Å². The summed E-state index contributed by atoms with van der Waals surface area (Å²) < 4.78 is 34.6. The fourth-order valence-corrected chi connectivity index (χ4v) is 5.26. The van der Waals surface area contributed by atoms with Gasteiger partial charge in [-0.15, -0.1) is 6.42 Å². The van der Waals surface area contributed by atoms with Crippen LogP contribution in [0.1, 0.15) is 11.3 Å². The van der Waals surface area contributed by atoms with E-state index in [2.05, 4.69) is 15.8 Å². The van der Waals surface area contributed by atoms with Crippen molar-refractivity contribution in [3.05, 3.63) is 91.9 Å². The summed E-state index contributed by atoms with van der Waals surface area (Å²) in [5.41, 5.74) is 0.908. The number of halogens is 2. The number of nitrogens with zero attached hydrogens (tertiary/aromatic N) is 6. The molecule has 0 radical (unpaired) electrons. The average molecular weight is 571 g/mol. The Bertz CT molecular complexity index is 1850. The molecule has 0 unspecified atom stereocenters. The van der Waals surface area contributed by atoms with Crippen LogP contribution in [0.2, 0.25) is 0 Å². The molecule has 0 spiro atoms. The predicted molar refractivity (Wildman–Crippen MR) is 152 cm³/mol. The minimum Gasteiger partial charge on any atom is -0.496 e. The highest BCUT2D eigenvalue weighted by Gasteiger charge is 2.32. The van der Waals surface area contributed by atoms with Crippen molar-refractivity contribution < 1.29 is 18.4 Å². The summed E-state index contributed by atoms with van der Waals surface area (Å²) in [6, 6.07) is 13.3. The molecule has 1 fully saturated rings. The Balaban J connectivity index is 1.48. The summed E-state index contributed by atoms with van der Waals surface area (Å²) in [7, 11) is 1.42. The summed E-state index contributed by atoms with van der Waals surface area (Å²) >= 11 is 0. The van der Waals surface area contributed by atoms with Crippen molar-refractivity contribution in [2.45, 2.75) is 13.1 Å². The van der Waals surface area contributed by atoms with E-state index in [-0.39, 0.29) is 29.2 Å². The number of hydrogen-bond acceptors (Lipinski definition) is 8. The van der Waals surface area contributed by atoms with Gasteiger partial charge in [-0.2, -0.15) is 5.26 Å². The van der Waals surface area contributed by atoms with Gasteiger partial charge >= 0.3 is 11.2 Å². The lowest BCUT2D eigenvalue weighted by Crippen LogP contribution is -2.46. The number of terminal acetylenes is 1. The van der Waals surface area contributed by atoms with Crippen LogP contribution in [0.3, 0.4) is 0 Å². The van der Waals surface area contributed by atoms with E-state index in [0.717, 1.165) is 10.1 Å². The van der Waals surface area contributed by atoms with Gasteiger partial charge in [-0.1, -0.05) is 12.0 Å². The smallest absolute Gasteiger partial charge is 0.359 e. The van der Waals surface area contributed by atoms with Gasteiger partial charge in [0.1, 0.15) is 34.7 Å². The quantitative estimate of drug-likeness (QED) is 0.185. The molecule has 1 saturated heterocycles. The molecule has 0 N–H and O–H groups in total. The Morgan fingerprint density at radius 3 is 2.45 bits per heavy atom. The molecular formula is C30H24F2N6O4. The van der Waals surface area contributed by atoms with E-state index in [1.165, 1.54) is 43.5 Å². The largest absolute Gasteiger partial charge is 0.496 e. The molecule has 4 aromatic rings. The summed E-state index contributed by atoms with van der Waals surface area (Å²) in [5.74, 6) is 1.69. The maximum absolute atomic E-state index is 14.3. The Labute approximate surface area is 239 Å². The van der Waals surface area contributed by atoms with Gasteiger partial charge in [0, 0.05) is 44.4 Å². The minimum atomic E-state index is -0.849. The number of nitriles is 1. The van der Waals surface area contributed by atoms with Crippen LogP contribution in [-0.4, -0.2) is 52.7 Å². The number of nitro groups is 1. The number of aromatic nitrogens is 2. The van der Waals surface area contributed by atoms with Gasteiger partial charge in [0.15, 0.2) is 5.69 Å². The Hall–Kier alpha value is -5.33. The number of rotatable bonds is 7. The highest BCUT2D eigenvalue weighted by atomic mass is 19.1. The Morgan fingerprint density at radius 2 is 1.79 bits per heavy atom. The van der Waals surface area contributed by atoms with E-state index in [9.17, 15) is 29.0 Å². The van der Waals surface area contributed by atoms with Crippen LogP contribution in [0.4, 0.5) is 20.2 Å². The van der Waals surface area contributed by atoms with E-state index in [1.807, 2.05) is 6.07 Å². The molecule has 3 heterocycles. The molecule has 12 heteroatoms. The Morgan fingerprint density at radius 1 is 1.07 bits per heavy atom. The third kappa shape index (κ3) is 5.23. The molecule has 1 aliphatic heterocycles. The van der Waals surface area contributed by atoms with E-state index in [0.29, 0.717) is 49.4 Å². The molecular weight excluding hydrogens is 546 g/mol. The number of benzene rings is 2. The van der Waals surface area contributed by atoms with Crippen molar-refractivity contribution in [3.8, 4) is 35.3 Å². The normalized spacial score (nSPS) is 13.5. The van der Waals surface area contributed by atoms with Crippen LogP contribution in [-0.2, 0) is 13.1 Å². The van der Waals surface area contributed by atoms with Crippen molar-refractivity contribution in [3.63, 3.8) is 0 Å². The fourth-order valence-electron chi connectivity index (χ4n) is 5.26. The highest BCUT2D eigenvalue weighted by molar-refractivity contribution is 5.94. The van der Waals surface area contributed by atoms with E-state index in [4.69, 9.17) is 11.2 Å². The standard InChI is InChI=1S/C30H24F2N6O4/c1-3-10-37-25-9-7-22(17-33)34-27(25)28(29(30(37)39)38(40)41)36-13-11-35(12-14-36)18-19-4-5-20(31)15-24(19)23-8-6-21(32)16-26(23)42-2/h1,4-9,15-16H,10-14,18H2,2H3. The van der Waals surface area contributed by atoms with Crippen molar-refractivity contribution in [1.29, 1.82) is 5.26 Å². The molecule has 10 nitrogen and oxygen atoms in total. The van der Waals surface area contributed by atoms with Crippen molar-refractivity contribution in [2.24, 2.45) is 0 Å². The lowest BCUT2D eigenvalue weighted by Gasteiger charge is -2.36. The van der Waals surface area contributed by atoms with Gasteiger partial charge < -0.3 is 9.64 Å². The van der Waals surface area contributed by atoms with Crippen LogP contribution in [0, 0.1) is 45.4 Å². The second-order valence-corrected chi connectivity index (χ2v) is 9.64. The SMILES string of the molecule is C#CCn1c(=O)c([N+](=O)[O-])c(N2CCN(Cc3ccc(F)cc3-c3ccc(F)cc3OC)CC2)c2nc(C#N)ccc21. The molecule has 2 aromatic heterocycles. The molecule has 0 aliphatic carbocycles. The van der Waals surface area contributed by atoms with Crippen LogP contribution in [0.15, 0.2) is 53.3 Å². The van der Waals surface area contributed by atoms with Crippen LogP contribution >= 0.6 is 0 Å². The summed E-state index contributed by atoms with van der Waals surface area (Å²) in [4.78, 5) is 32.8. The number of fused-ring (bicyclic) bond motifs is 1. The lowest BCUT2D eigenvalue weighted by atomic mass is 9.98. The second-order valence-electron chi connectivity index (χ2n) is 9.64. The predicted octanol–water partition coefficient (Wildman–Crippen LogP) is 4.09. The number of ether oxygens (including phenoxy) is 1. The molecule has 212 valence electrons. The first kappa shape index (κ1) is 28.2. The average Bonchev–Trinajstić information content (AvgIpc) is 2.99. The van der Waals surface area contributed by atoms with E-state index < -0.39 is 27.8 Å². The van der Waals surface area contributed by atoms with Gasteiger partial charge in [0.2, 0.25) is 0 Å². The lowest BCUT2D eigenvalue weighted by molar-refractivity contribution is -0.385. The maximum atomic E-state index is 14.3. The number of piperazine rings is 1. The molecule has 5 rings (SSSR count). The van der Waals surface area contributed by atoms with Gasteiger partial charge in [-0.3, -0.25) is 24.4 Å². The zero-order valence-corrected chi connectivity index (χ0v) is 22.5. The fraction of sp³-hybridized carbons (Fsp3) is 0.233. The molecule has 0 saturated carbocycles. The maximum Gasteiger partial charge on any atom is 0.359 e. The summed E-state index contributed by atoms with van der Waals surface area (Å²) in [6.45, 7) is 1.72. The van der Waals surface area contributed by atoms with Crippen LogP contribution in [0.25, 0.3) is 22.2 Å². The van der Waals surface area contributed by atoms with E-state index in [1.54, 1.807) is 17.0 Å². The Kier molecular flexibility index (Phi) is 7.82. The zero-order valence-electron chi connectivity index (χ0n) is 22.5. The molecule has 42 heavy (non-hydrogen) atoms. The monoisotopic (exact) mass is 570 g/mol. The van der Waals surface area contributed by atoms with Crippen molar-refractivity contribution >= 4 is 22.4 Å². The molecule has 0 amide bonds. The number of anilines is 1. The van der Waals surface area contributed by atoms with Gasteiger partial charge in [0.05, 0.1) is 24.1 Å². The highest BCUT2D eigenvalue weighted by Crippen LogP contribution is 2.36. The first-order valence-corrected chi connectivity index (χ1v) is 12.9. The zero-order chi connectivity index (χ0) is 30.0. The number of methoxy groups -OCH3 is 1. The molecule has 2 aromatic carbocycles. The van der Waals surface area contributed by atoms with Gasteiger partial charge in [-0.25, -0.2) is 13.8 Å². The number of hydrogen-bond donors (Lipinski definition) is 0. The van der Waals surface area contributed by atoms with Crippen LogP contribution in [0.5, 0.6) is 5.75 Å². The van der Waals surface area contributed by atoms with Gasteiger partial charge in [0.25, 0.3) is 0 Å². The van der Waals surface area contributed by atoms with Crippen LogP contribution < -0.4 is 15.2 Å².